The number of benzene rings is 2. The molecule has 0 aromatic heterocycles. The predicted molar refractivity (Wildman–Crippen MR) is 71.0 cm³/mol. The molecule has 0 amide bonds. The van der Waals surface area contributed by atoms with Gasteiger partial charge in [-0.3, -0.25) is 4.79 Å². The van der Waals surface area contributed by atoms with E-state index in [1.165, 1.54) is 36.4 Å². The first-order valence-corrected chi connectivity index (χ1v) is 6.29. The van der Waals surface area contributed by atoms with Gasteiger partial charge in [0.05, 0.1) is 5.56 Å². The first kappa shape index (κ1) is 14.6. The van der Waals surface area contributed by atoms with E-state index in [2.05, 4.69) is 15.9 Å². The highest BCUT2D eigenvalue weighted by Gasteiger charge is 2.34. The number of hydrogen-bond donors (Lipinski definition) is 0. The van der Waals surface area contributed by atoms with Crippen molar-refractivity contribution in [3.8, 4) is 11.5 Å². The minimum Gasteiger partial charge on any atom is -0.457 e. The van der Waals surface area contributed by atoms with E-state index in [1.807, 2.05) is 0 Å². The molecule has 0 bridgehead atoms. The highest BCUT2D eigenvalue weighted by molar-refractivity contribution is 9.10. The van der Waals surface area contributed by atoms with Crippen LogP contribution in [0.1, 0.15) is 15.9 Å². The summed E-state index contributed by atoms with van der Waals surface area (Å²) in [7, 11) is 0. The van der Waals surface area contributed by atoms with E-state index in [4.69, 9.17) is 4.74 Å². The molecule has 0 unspecified atom stereocenters. The van der Waals surface area contributed by atoms with Crippen molar-refractivity contribution in [2.75, 3.05) is 0 Å². The Hall–Kier alpha value is -1.82. The van der Waals surface area contributed by atoms with Crippen LogP contribution >= 0.6 is 15.9 Å². The van der Waals surface area contributed by atoms with Gasteiger partial charge in [0.25, 0.3) is 0 Å². The third kappa shape index (κ3) is 3.39. The van der Waals surface area contributed by atoms with E-state index in [1.54, 1.807) is 0 Å². The Bertz CT molecular complexity index is 621. The van der Waals surface area contributed by atoms with E-state index in [9.17, 15) is 18.0 Å². The minimum atomic E-state index is -4.51. The number of aldehydes is 1. The lowest BCUT2D eigenvalue weighted by Crippen LogP contribution is -2.07. The summed E-state index contributed by atoms with van der Waals surface area (Å²) in [4.78, 5) is 10.5. The zero-order chi connectivity index (χ0) is 14.8. The van der Waals surface area contributed by atoms with E-state index < -0.39 is 11.7 Å². The van der Waals surface area contributed by atoms with Crippen LogP contribution in [0.4, 0.5) is 13.2 Å². The summed E-state index contributed by atoms with van der Waals surface area (Å²) in [5.74, 6) is -0.0667. The maximum Gasteiger partial charge on any atom is 0.420 e. The molecule has 2 rings (SSSR count). The van der Waals surface area contributed by atoms with Crippen molar-refractivity contribution in [2.45, 2.75) is 6.18 Å². The fraction of sp³-hybridized carbons (Fsp3) is 0.0714. The molecule has 0 heterocycles. The monoisotopic (exact) mass is 344 g/mol. The fourth-order valence-corrected chi connectivity index (χ4v) is 1.92. The van der Waals surface area contributed by atoms with Gasteiger partial charge in [-0.2, -0.15) is 13.2 Å². The van der Waals surface area contributed by atoms with Crippen LogP contribution in [0.2, 0.25) is 0 Å². The predicted octanol–water partition coefficient (Wildman–Crippen LogP) is 5.07. The first-order chi connectivity index (χ1) is 9.40. The normalized spacial score (nSPS) is 11.2. The van der Waals surface area contributed by atoms with Crippen LogP contribution in [0.25, 0.3) is 0 Å². The van der Waals surface area contributed by atoms with Crippen molar-refractivity contribution in [1.82, 2.24) is 0 Å². The van der Waals surface area contributed by atoms with Crippen molar-refractivity contribution >= 4 is 22.2 Å². The van der Waals surface area contributed by atoms with Crippen LogP contribution in [0.15, 0.2) is 46.9 Å². The highest BCUT2D eigenvalue weighted by atomic mass is 79.9. The quantitative estimate of drug-likeness (QED) is 0.726. The molecule has 0 N–H and O–H groups in total. The lowest BCUT2D eigenvalue weighted by molar-refractivity contribution is -0.138. The average Bonchev–Trinajstić information content (AvgIpc) is 2.40. The first-order valence-electron chi connectivity index (χ1n) is 5.50. The lowest BCUT2D eigenvalue weighted by atomic mass is 10.2. The summed E-state index contributed by atoms with van der Waals surface area (Å²) in [5.41, 5.74) is -0.449. The fourth-order valence-electron chi connectivity index (χ4n) is 1.55. The zero-order valence-electron chi connectivity index (χ0n) is 9.95. The van der Waals surface area contributed by atoms with Gasteiger partial charge in [0.15, 0.2) is 0 Å². The number of carbonyl (C=O) groups excluding carboxylic acids is 1. The van der Waals surface area contributed by atoms with Crippen LogP contribution < -0.4 is 4.74 Å². The molecule has 0 atom stereocenters. The highest BCUT2D eigenvalue weighted by Crippen LogP contribution is 2.39. The summed E-state index contributed by atoms with van der Waals surface area (Å²) in [5, 5.41) is 0. The molecule has 104 valence electrons. The van der Waals surface area contributed by atoms with Crippen LogP contribution in [-0.2, 0) is 6.18 Å². The smallest absolute Gasteiger partial charge is 0.420 e. The van der Waals surface area contributed by atoms with Crippen molar-refractivity contribution in [1.29, 1.82) is 0 Å². The summed E-state index contributed by atoms with van der Waals surface area (Å²) < 4.78 is 44.3. The van der Waals surface area contributed by atoms with Gasteiger partial charge in [-0.05, 0) is 42.5 Å². The molecule has 0 saturated heterocycles. The molecular weight excluding hydrogens is 337 g/mol. The van der Waals surface area contributed by atoms with Crippen molar-refractivity contribution in [2.24, 2.45) is 0 Å². The molecule has 6 heteroatoms. The molecule has 0 fully saturated rings. The summed E-state index contributed by atoms with van der Waals surface area (Å²) in [6.07, 6.45) is -3.87. The molecule has 0 aliphatic heterocycles. The molecule has 0 radical (unpaired) electrons. The average molecular weight is 345 g/mol. The van der Waals surface area contributed by atoms with E-state index in [-0.39, 0.29) is 11.5 Å². The van der Waals surface area contributed by atoms with Crippen LogP contribution in [0.3, 0.4) is 0 Å². The van der Waals surface area contributed by atoms with E-state index >= 15 is 0 Å². The van der Waals surface area contributed by atoms with Gasteiger partial charge in [-0.25, -0.2) is 0 Å². The van der Waals surface area contributed by atoms with Crippen LogP contribution in [-0.4, -0.2) is 6.29 Å². The third-order valence-corrected chi connectivity index (χ3v) is 2.98. The van der Waals surface area contributed by atoms with Gasteiger partial charge in [-0.1, -0.05) is 15.9 Å². The number of carbonyl (C=O) groups is 1. The SMILES string of the molecule is O=Cc1ccc(Oc2ccc(Br)cc2C(F)(F)F)cc1. The topological polar surface area (TPSA) is 26.3 Å². The Morgan fingerprint density at radius 1 is 1.05 bits per heavy atom. The number of ether oxygens (including phenoxy) is 1. The molecule has 0 saturated carbocycles. The summed E-state index contributed by atoms with van der Waals surface area (Å²) in [6, 6.07) is 9.46. The molecule has 2 aromatic rings. The largest absolute Gasteiger partial charge is 0.457 e. The second-order valence-corrected chi connectivity index (χ2v) is 4.84. The molecule has 0 aliphatic carbocycles. The Morgan fingerprint density at radius 3 is 2.25 bits per heavy atom. The van der Waals surface area contributed by atoms with Gasteiger partial charge in [-0.15, -0.1) is 0 Å². The Morgan fingerprint density at radius 2 is 1.70 bits per heavy atom. The Labute approximate surface area is 121 Å². The maximum absolute atomic E-state index is 12.9. The number of rotatable bonds is 3. The molecule has 20 heavy (non-hydrogen) atoms. The molecule has 2 nitrogen and oxygen atoms in total. The zero-order valence-corrected chi connectivity index (χ0v) is 11.5. The van der Waals surface area contributed by atoms with Crippen LogP contribution in [0.5, 0.6) is 11.5 Å². The number of hydrogen-bond acceptors (Lipinski definition) is 2. The van der Waals surface area contributed by atoms with E-state index in [0.717, 1.165) is 6.07 Å². The third-order valence-electron chi connectivity index (χ3n) is 2.49. The molecule has 2 aromatic carbocycles. The van der Waals surface area contributed by atoms with Crippen molar-refractivity contribution < 1.29 is 22.7 Å². The maximum atomic E-state index is 12.9. The van der Waals surface area contributed by atoms with Gasteiger partial charge in [0.1, 0.15) is 17.8 Å². The second kappa shape index (κ2) is 5.66. The van der Waals surface area contributed by atoms with E-state index in [0.29, 0.717) is 16.3 Å². The molecule has 0 spiro atoms. The second-order valence-electron chi connectivity index (χ2n) is 3.93. The number of alkyl halides is 3. The molecule has 0 aliphatic rings. The van der Waals surface area contributed by atoms with Crippen LogP contribution in [0, 0.1) is 0 Å². The lowest BCUT2D eigenvalue weighted by Gasteiger charge is -2.14. The Balaban J connectivity index is 2.35. The standard InChI is InChI=1S/C14H8BrF3O2/c15-10-3-6-13(12(7-10)14(16,17)18)20-11-4-1-9(8-19)2-5-11/h1-8H. The van der Waals surface area contributed by atoms with Gasteiger partial charge < -0.3 is 4.74 Å². The minimum absolute atomic E-state index is 0.225. The molecular formula is C14H8BrF3O2. The van der Waals surface area contributed by atoms with Crippen molar-refractivity contribution in [3.05, 3.63) is 58.1 Å². The Kier molecular flexibility index (Phi) is 4.13. The summed E-state index contributed by atoms with van der Waals surface area (Å²) in [6.45, 7) is 0. The van der Waals surface area contributed by atoms with Gasteiger partial charge >= 0.3 is 6.18 Å². The summed E-state index contributed by atoms with van der Waals surface area (Å²) >= 11 is 3.00. The van der Waals surface area contributed by atoms with Gasteiger partial charge in [0.2, 0.25) is 0 Å². The number of halogens is 4. The van der Waals surface area contributed by atoms with Gasteiger partial charge in [0, 0.05) is 10.0 Å². The van der Waals surface area contributed by atoms with Crippen molar-refractivity contribution in [3.63, 3.8) is 0 Å².